The molecule has 0 spiro atoms. The summed E-state index contributed by atoms with van der Waals surface area (Å²) in [5.41, 5.74) is -2.34. The third-order valence-electron chi connectivity index (χ3n) is 32.7. The minimum atomic E-state index is -0.365. The number of hydrogen-bond donors (Lipinski definition) is 0. The second-order valence-electron chi connectivity index (χ2n) is 42.1. The molecule has 0 aliphatic heterocycles. The summed E-state index contributed by atoms with van der Waals surface area (Å²) in [6.45, 7) is 45.9. The minimum Gasteiger partial charge on any atom is -0.459 e. The zero-order valence-corrected chi connectivity index (χ0v) is 69.5. The van der Waals surface area contributed by atoms with Crippen molar-refractivity contribution in [3.8, 4) is 0 Å². The number of ether oxygens (including phenoxy) is 5. The second kappa shape index (κ2) is 42.3. The van der Waals surface area contributed by atoms with Crippen LogP contribution in [0.25, 0.3) is 0 Å². The highest BCUT2D eigenvalue weighted by atomic mass is 16.6. The third-order valence-corrected chi connectivity index (χ3v) is 32.7. The quantitative estimate of drug-likeness (QED) is 0.0857. The van der Waals surface area contributed by atoms with Crippen LogP contribution in [-0.2, 0) is 47.7 Å². The lowest BCUT2D eigenvalue weighted by atomic mass is 9.45. The van der Waals surface area contributed by atoms with Crippen molar-refractivity contribution >= 4 is 29.8 Å². The Kier molecular flexibility index (Phi) is 42.1. The van der Waals surface area contributed by atoms with Crippen LogP contribution in [0.15, 0.2) is 0 Å². The summed E-state index contributed by atoms with van der Waals surface area (Å²) in [5.74, 6) is 11.7. The molecular formula is C101H196O10. The van der Waals surface area contributed by atoms with Gasteiger partial charge in [-0.1, -0.05) is 174 Å². The van der Waals surface area contributed by atoms with Crippen molar-refractivity contribution in [2.75, 3.05) is 0 Å². The SMILES string of the molecule is C.C.C.C.C.C.C.C.C.C.CCC(C)(C)C(=O)OC(C)(C)C12CC3CC(CC1C3)C2.CCC(C)(C)C(=O)OC1(C)CC2CC1C1CCCC21.CCC(C)(C)C(=O)OC1(C)CCC2CCCCC2C1.CCC(C)(C)C(=O)OC1(C)CCCC2CCCCC21.CCCCC(C)(OC(=O)C(C)(C)CC)C12CC3CC(CC(C3)C1)C2. The van der Waals surface area contributed by atoms with Crippen molar-refractivity contribution in [3.63, 3.8) is 0 Å². The summed E-state index contributed by atoms with van der Waals surface area (Å²) in [7, 11) is 0. The van der Waals surface area contributed by atoms with Gasteiger partial charge in [-0.05, 0) is 368 Å². The Hall–Kier alpha value is -2.65. The molecule has 0 aromatic carbocycles. The van der Waals surface area contributed by atoms with Crippen LogP contribution >= 0.6 is 0 Å². The molecule has 15 aliphatic carbocycles. The molecule has 0 heterocycles. The Morgan fingerprint density at radius 3 is 1.21 bits per heavy atom. The van der Waals surface area contributed by atoms with E-state index < -0.39 is 0 Å². The first kappa shape index (κ1) is 110. The van der Waals surface area contributed by atoms with Crippen LogP contribution in [0, 0.1) is 121 Å². The van der Waals surface area contributed by atoms with Gasteiger partial charge in [-0.2, -0.15) is 0 Å². The zero-order chi connectivity index (χ0) is 74.4. The van der Waals surface area contributed by atoms with E-state index in [1.54, 1.807) is 0 Å². The molecule has 15 fully saturated rings. The minimum absolute atomic E-state index is 0. The normalized spacial score (nSPS) is 34.9. The lowest BCUT2D eigenvalue weighted by Crippen LogP contribution is -2.59. The molecule has 14 atom stereocenters. The Labute approximate surface area is 693 Å². The molecule has 15 aliphatic rings. The molecule has 660 valence electrons. The molecule has 14 unspecified atom stereocenters. The van der Waals surface area contributed by atoms with Crippen molar-refractivity contribution < 1.29 is 47.7 Å². The predicted molar refractivity (Wildman–Crippen MR) is 478 cm³/mol. The van der Waals surface area contributed by atoms with Gasteiger partial charge >= 0.3 is 29.8 Å². The van der Waals surface area contributed by atoms with E-state index in [9.17, 15) is 24.0 Å². The van der Waals surface area contributed by atoms with Crippen LogP contribution in [0.3, 0.4) is 0 Å². The summed E-state index contributed by atoms with van der Waals surface area (Å²) in [6, 6.07) is 0. The lowest BCUT2D eigenvalue weighted by molar-refractivity contribution is -0.213. The monoisotopic (exact) mass is 1570 g/mol. The molecule has 0 saturated heterocycles. The zero-order valence-electron chi connectivity index (χ0n) is 69.5. The highest BCUT2D eigenvalue weighted by Crippen LogP contribution is 2.71. The standard InChI is InChI=1S/C22H38O2.C18H30O2.C17H28O2.2C17H30O2.10CH4/c1-6-8-9-21(5,24-19(23)20(3,4)7-2)22-13-16-10-17(14-22)12-18(11-16)15-22;1-6-16(2,3)15(19)20-17(4,5)18-10-12-7-13(11-18)9-14(18)8-12;1-5-16(2,3)15(18)19-17(4)10-11-9-14(17)13-8-6-7-12(11)13;1-5-16(2,3)15(18)19-17(4)12-8-10-13-9-6-7-11-14(13)17;1-5-16(2,3)15(18)19-17(4)11-10-13-8-6-7-9-14(13)12-17;;;;;;;;;;/h16-18H,6-15H2,1-5H3;12-14H,6-11H2,1-5H3;11-14H,5-10H2,1-4H3;2*13-14H,5-12H2,1-4H3;10*1H4. The summed E-state index contributed by atoms with van der Waals surface area (Å²) < 4.78 is 30.6. The van der Waals surface area contributed by atoms with E-state index in [2.05, 4.69) is 83.1 Å². The van der Waals surface area contributed by atoms with E-state index in [1.165, 1.54) is 173 Å². The average Bonchev–Trinajstić information content (AvgIpc) is 1.62. The van der Waals surface area contributed by atoms with Gasteiger partial charge in [-0.15, -0.1) is 0 Å². The fourth-order valence-corrected chi connectivity index (χ4v) is 24.1. The van der Waals surface area contributed by atoms with Gasteiger partial charge in [-0.25, -0.2) is 0 Å². The van der Waals surface area contributed by atoms with E-state index in [-0.39, 0.29) is 170 Å². The highest BCUT2D eigenvalue weighted by Gasteiger charge is 2.66. The summed E-state index contributed by atoms with van der Waals surface area (Å²) in [5, 5.41) is 0. The van der Waals surface area contributed by atoms with Crippen molar-refractivity contribution in [3.05, 3.63) is 0 Å². The van der Waals surface area contributed by atoms with Crippen molar-refractivity contribution in [1.82, 2.24) is 0 Å². The van der Waals surface area contributed by atoms with Crippen LogP contribution in [-0.4, -0.2) is 57.9 Å². The second-order valence-corrected chi connectivity index (χ2v) is 42.1. The molecule has 10 nitrogen and oxygen atoms in total. The highest BCUT2D eigenvalue weighted by molar-refractivity contribution is 5.78. The van der Waals surface area contributed by atoms with E-state index in [4.69, 9.17) is 23.7 Å². The lowest BCUT2D eigenvalue weighted by Gasteiger charge is -2.62. The topological polar surface area (TPSA) is 132 Å². The summed E-state index contributed by atoms with van der Waals surface area (Å²) in [6.07, 6.45) is 47.0. The Morgan fingerprint density at radius 2 is 0.739 bits per heavy atom. The number of fused-ring (bicyclic) bond motifs is 7. The molecule has 15 saturated carbocycles. The van der Waals surface area contributed by atoms with Gasteiger partial charge < -0.3 is 23.7 Å². The predicted octanol–water partition coefficient (Wildman–Crippen LogP) is 30.7. The van der Waals surface area contributed by atoms with Gasteiger partial charge in [0.15, 0.2) is 0 Å². The molecule has 0 radical (unpaired) electrons. The molecule has 0 aromatic heterocycles. The first-order chi connectivity index (χ1) is 47.1. The van der Waals surface area contributed by atoms with E-state index in [0.29, 0.717) is 11.8 Å². The van der Waals surface area contributed by atoms with Crippen LogP contribution in [0.1, 0.15) is 471 Å². The maximum atomic E-state index is 12.9. The van der Waals surface area contributed by atoms with E-state index in [1.807, 2.05) is 69.2 Å². The van der Waals surface area contributed by atoms with Crippen LogP contribution in [0.2, 0.25) is 0 Å². The first-order valence-corrected chi connectivity index (χ1v) is 43.2. The van der Waals surface area contributed by atoms with E-state index in [0.717, 1.165) is 142 Å². The number of unbranched alkanes of at least 4 members (excludes halogenated alkanes) is 1. The fourth-order valence-electron chi connectivity index (χ4n) is 24.1. The van der Waals surface area contributed by atoms with Crippen LogP contribution < -0.4 is 0 Å². The summed E-state index contributed by atoms with van der Waals surface area (Å²) in [4.78, 5) is 62.6. The smallest absolute Gasteiger partial charge is 0.312 e. The number of carbonyl (C=O) groups excluding carboxylic acids is 5. The van der Waals surface area contributed by atoms with Crippen LogP contribution in [0.5, 0.6) is 0 Å². The maximum absolute atomic E-state index is 12.9. The summed E-state index contributed by atoms with van der Waals surface area (Å²) >= 11 is 0. The molecule has 0 amide bonds. The molecule has 111 heavy (non-hydrogen) atoms. The molecule has 0 N–H and O–H groups in total. The fraction of sp³-hybridized carbons (Fsp3) is 0.950. The van der Waals surface area contributed by atoms with Gasteiger partial charge in [0, 0.05) is 22.7 Å². The van der Waals surface area contributed by atoms with Crippen molar-refractivity contribution in [2.45, 2.75) is 499 Å². The van der Waals surface area contributed by atoms with Gasteiger partial charge in [0.05, 0.1) is 27.1 Å². The third kappa shape index (κ3) is 23.7. The first-order valence-electron chi connectivity index (χ1n) is 43.2. The van der Waals surface area contributed by atoms with Gasteiger partial charge in [-0.3, -0.25) is 24.0 Å². The Bertz CT molecular complexity index is 2770. The van der Waals surface area contributed by atoms with Crippen molar-refractivity contribution in [2.24, 2.45) is 121 Å². The molecule has 0 aromatic rings. The van der Waals surface area contributed by atoms with Gasteiger partial charge in [0.2, 0.25) is 0 Å². The Morgan fingerprint density at radius 1 is 0.342 bits per heavy atom. The van der Waals surface area contributed by atoms with E-state index >= 15 is 0 Å². The van der Waals surface area contributed by atoms with Gasteiger partial charge in [0.1, 0.15) is 28.0 Å². The average molecular weight is 1570 g/mol. The van der Waals surface area contributed by atoms with Crippen molar-refractivity contribution in [1.29, 1.82) is 0 Å². The molecular weight excluding hydrogens is 1370 g/mol. The molecule has 15 rings (SSSR count). The van der Waals surface area contributed by atoms with Gasteiger partial charge in [0.25, 0.3) is 0 Å². The number of rotatable bonds is 20. The number of hydrogen-bond acceptors (Lipinski definition) is 10. The number of esters is 5. The van der Waals surface area contributed by atoms with Crippen LogP contribution in [0.4, 0.5) is 0 Å². The molecule has 10 bridgehead atoms. The Balaban J connectivity index is 0. The largest absolute Gasteiger partial charge is 0.459 e. The molecule has 10 heteroatoms. The number of carbonyl (C=O) groups is 5. The maximum Gasteiger partial charge on any atom is 0.312 e.